The van der Waals surface area contributed by atoms with Crippen molar-refractivity contribution in [1.82, 2.24) is 15.0 Å². The first-order chi connectivity index (χ1) is 12.5. The molecule has 0 fully saturated rings. The van der Waals surface area contributed by atoms with Crippen molar-refractivity contribution in [3.05, 3.63) is 58.9 Å². The molecule has 132 valence electrons. The van der Waals surface area contributed by atoms with Gasteiger partial charge in [0.25, 0.3) is 5.56 Å². The highest BCUT2D eigenvalue weighted by Gasteiger charge is 2.19. The Hall–Kier alpha value is -3.55. The Kier molecular flexibility index (Phi) is 4.74. The minimum atomic E-state index is -0.838. The molecule has 0 bridgehead atoms. The van der Waals surface area contributed by atoms with Gasteiger partial charge in [0.1, 0.15) is 11.6 Å². The topological polar surface area (TPSA) is 106 Å². The summed E-state index contributed by atoms with van der Waals surface area (Å²) in [5.41, 5.74) is 1.27. The highest BCUT2D eigenvalue weighted by Crippen LogP contribution is 2.15. The van der Waals surface area contributed by atoms with Crippen LogP contribution in [-0.2, 0) is 9.59 Å². The summed E-state index contributed by atoms with van der Waals surface area (Å²) < 4.78 is 1.06. The number of hydrogen-bond donors (Lipinski definition) is 2. The standard InChI is InChI=1S/C18H17N5O3/c1-11(23-18(26)15-5-3-4-6-16(15)21-22-23)17(25)20-14-9-7-13(8-10-14)19-12(2)24/h3-11H,1-2H3,(H,19,24)(H,20,25). The summed E-state index contributed by atoms with van der Waals surface area (Å²) in [7, 11) is 0. The lowest BCUT2D eigenvalue weighted by Gasteiger charge is -2.14. The van der Waals surface area contributed by atoms with Crippen molar-refractivity contribution in [2.24, 2.45) is 0 Å². The Balaban J connectivity index is 1.79. The molecule has 1 heterocycles. The van der Waals surface area contributed by atoms with Gasteiger partial charge < -0.3 is 10.6 Å². The number of hydrogen-bond acceptors (Lipinski definition) is 5. The van der Waals surface area contributed by atoms with Gasteiger partial charge in [-0.15, -0.1) is 5.10 Å². The van der Waals surface area contributed by atoms with E-state index in [1.807, 2.05) is 0 Å². The summed E-state index contributed by atoms with van der Waals surface area (Å²) in [4.78, 5) is 36.0. The maximum atomic E-state index is 12.5. The average Bonchev–Trinajstić information content (AvgIpc) is 2.63. The molecule has 1 aromatic heterocycles. The van der Waals surface area contributed by atoms with Crippen LogP contribution >= 0.6 is 0 Å². The van der Waals surface area contributed by atoms with Crippen LogP contribution in [-0.4, -0.2) is 26.8 Å². The van der Waals surface area contributed by atoms with Gasteiger partial charge >= 0.3 is 0 Å². The summed E-state index contributed by atoms with van der Waals surface area (Å²) in [5, 5.41) is 13.6. The van der Waals surface area contributed by atoms with Crippen LogP contribution in [0.4, 0.5) is 11.4 Å². The molecule has 2 aromatic carbocycles. The smallest absolute Gasteiger partial charge is 0.278 e. The number of carbonyl (C=O) groups excluding carboxylic acids is 2. The third-order valence-corrected chi connectivity index (χ3v) is 3.81. The van der Waals surface area contributed by atoms with Gasteiger partial charge in [-0.2, -0.15) is 4.68 Å². The van der Waals surface area contributed by atoms with Gasteiger partial charge in [0, 0.05) is 18.3 Å². The molecule has 3 rings (SSSR count). The Morgan fingerprint density at radius 2 is 1.62 bits per heavy atom. The number of fused-ring (bicyclic) bond motifs is 1. The highest BCUT2D eigenvalue weighted by atomic mass is 16.2. The third kappa shape index (κ3) is 3.59. The maximum Gasteiger partial charge on any atom is 0.278 e. The molecular formula is C18H17N5O3. The van der Waals surface area contributed by atoms with Crippen LogP contribution in [0.15, 0.2) is 53.3 Å². The van der Waals surface area contributed by atoms with E-state index in [0.717, 1.165) is 4.68 Å². The minimum absolute atomic E-state index is 0.176. The van der Waals surface area contributed by atoms with E-state index in [1.165, 1.54) is 6.92 Å². The zero-order chi connectivity index (χ0) is 18.7. The number of amides is 2. The zero-order valence-corrected chi connectivity index (χ0v) is 14.3. The molecule has 0 spiro atoms. The Morgan fingerprint density at radius 3 is 2.27 bits per heavy atom. The first kappa shape index (κ1) is 17.3. The molecule has 1 unspecified atom stereocenters. The molecule has 0 aliphatic carbocycles. The summed E-state index contributed by atoms with van der Waals surface area (Å²) in [5.74, 6) is -0.575. The van der Waals surface area contributed by atoms with Crippen LogP contribution in [0.25, 0.3) is 10.9 Å². The molecule has 3 aromatic rings. The van der Waals surface area contributed by atoms with E-state index in [2.05, 4.69) is 20.9 Å². The van der Waals surface area contributed by atoms with Crippen LogP contribution in [0, 0.1) is 0 Å². The number of nitrogens with zero attached hydrogens (tertiary/aromatic N) is 3. The van der Waals surface area contributed by atoms with Gasteiger partial charge in [-0.1, -0.05) is 17.3 Å². The molecule has 0 aliphatic rings. The quantitative estimate of drug-likeness (QED) is 0.747. The fraction of sp³-hybridized carbons (Fsp3) is 0.167. The Morgan fingerprint density at radius 1 is 1.00 bits per heavy atom. The van der Waals surface area contributed by atoms with Crippen LogP contribution in [0.1, 0.15) is 19.9 Å². The second-order valence-electron chi connectivity index (χ2n) is 5.78. The van der Waals surface area contributed by atoms with E-state index in [1.54, 1.807) is 55.5 Å². The molecule has 2 N–H and O–H groups in total. The van der Waals surface area contributed by atoms with E-state index in [-0.39, 0.29) is 11.5 Å². The zero-order valence-electron chi connectivity index (χ0n) is 14.3. The van der Waals surface area contributed by atoms with Crippen molar-refractivity contribution in [2.75, 3.05) is 10.6 Å². The fourth-order valence-electron chi connectivity index (χ4n) is 2.45. The lowest BCUT2D eigenvalue weighted by Crippen LogP contribution is -2.34. The normalized spacial score (nSPS) is 11.8. The fourth-order valence-corrected chi connectivity index (χ4v) is 2.45. The Labute approximate surface area is 148 Å². The number of anilines is 2. The molecule has 0 saturated heterocycles. The van der Waals surface area contributed by atoms with Crippen LogP contribution in [0.3, 0.4) is 0 Å². The average molecular weight is 351 g/mol. The van der Waals surface area contributed by atoms with Crippen LogP contribution in [0.5, 0.6) is 0 Å². The molecule has 26 heavy (non-hydrogen) atoms. The summed E-state index contributed by atoms with van der Waals surface area (Å²) in [6.07, 6.45) is 0. The monoisotopic (exact) mass is 351 g/mol. The Bertz CT molecular complexity index is 1030. The lowest BCUT2D eigenvalue weighted by molar-refractivity contribution is -0.119. The summed E-state index contributed by atoms with van der Waals surface area (Å²) in [6, 6.07) is 12.7. The number of benzene rings is 2. The second kappa shape index (κ2) is 7.14. The maximum absolute atomic E-state index is 12.5. The molecule has 8 nitrogen and oxygen atoms in total. The molecule has 0 aliphatic heterocycles. The minimum Gasteiger partial charge on any atom is -0.326 e. The van der Waals surface area contributed by atoms with Crippen molar-refractivity contribution in [2.45, 2.75) is 19.9 Å². The van der Waals surface area contributed by atoms with Crippen molar-refractivity contribution in [3.8, 4) is 0 Å². The van der Waals surface area contributed by atoms with E-state index < -0.39 is 11.9 Å². The van der Waals surface area contributed by atoms with Gasteiger partial charge in [0.2, 0.25) is 11.8 Å². The van der Waals surface area contributed by atoms with Gasteiger partial charge in [-0.3, -0.25) is 14.4 Å². The third-order valence-electron chi connectivity index (χ3n) is 3.81. The number of nitrogens with one attached hydrogen (secondary N) is 2. The molecule has 2 amide bonds. The second-order valence-corrected chi connectivity index (χ2v) is 5.78. The van der Waals surface area contributed by atoms with E-state index in [9.17, 15) is 14.4 Å². The predicted octanol–water partition coefficient (Wildman–Crippen LogP) is 1.95. The molecule has 0 saturated carbocycles. The van der Waals surface area contributed by atoms with Crippen molar-refractivity contribution in [1.29, 1.82) is 0 Å². The van der Waals surface area contributed by atoms with E-state index in [4.69, 9.17) is 0 Å². The van der Waals surface area contributed by atoms with Crippen molar-refractivity contribution in [3.63, 3.8) is 0 Å². The molecule has 0 radical (unpaired) electrons. The van der Waals surface area contributed by atoms with Gasteiger partial charge in [-0.25, -0.2) is 0 Å². The van der Waals surface area contributed by atoms with E-state index >= 15 is 0 Å². The van der Waals surface area contributed by atoms with Crippen molar-refractivity contribution < 1.29 is 9.59 Å². The number of rotatable bonds is 4. The molecule has 8 heteroatoms. The van der Waals surface area contributed by atoms with Gasteiger partial charge in [0.15, 0.2) is 0 Å². The largest absolute Gasteiger partial charge is 0.326 e. The predicted molar refractivity (Wildman–Crippen MR) is 97.9 cm³/mol. The summed E-state index contributed by atoms with van der Waals surface area (Å²) >= 11 is 0. The van der Waals surface area contributed by atoms with Gasteiger partial charge in [-0.05, 0) is 43.3 Å². The van der Waals surface area contributed by atoms with Gasteiger partial charge in [0.05, 0.1) is 5.39 Å². The number of carbonyl (C=O) groups is 2. The van der Waals surface area contributed by atoms with Crippen LogP contribution in [0.2, 0.25) is 0 Å². The SMILES string of the molecule is CC(=O)Nc1ccc(NC(=O)C(C)n2nnc3ccccc3c2=O)cc1. The lowest BCUT2D eigenvalue weighted by atomic mass is 10.2. The first-order valence-electron chi connectivity index (χ1n) is 7.98. The highest BCUT2D eigenvalue weighted by molar-refractivity contribution is 5.94. The van der Waals surface area contributed by atoms with Crippen LogP contribution < -0.4 is 16.2 Å². The first-order valence-corrected chi connectivity index (χ1v) is 7.98. The number of aromatic nitrogens is 3. The molecule has 1 atom stereocenters. The molecular weight excluding hydrogens is 334 g/mol. The summed E-state index contributed by atoms with van der Waals surface area (Å²) in [6.45, 7) is 2.99. The van der Waals surface area contributed by atoms with E-state index in [0.29, 0.717) is 22.3 Å². The van der Waals surface area contributed by atoms with Crippen molar-refractivity contribution >= 4 is 34.1 Å².